The number of hydrogen-bond acceptors (Lipinski definition) is 2. The van der Waals surface area contributed by atoms with Crippen LogP contribution in [0, 0.1) is 17.7 Å². The monoisotopic (exact) mass is 264 g/mol. The highest BCUT2D eigenvalue weighted by atomic mass is 19.1. The Bertz CT molecular complexity index is 524. The predicted octanol–water partition coefficient (Wildman–Crippen LogP) is 2.09. The minimum Gasteiger partial charge on any atom is -0.384 e. The second-order valence-corrected chi connectivity index (χ2v) is 4.98. The van der Waals surface area contributed by atoms with Gasteiger partial charge in [0.2, 0.25) is 0 Å². The highest BCUT2D eigenvalue weighted by Crippen LogP contribution is 2.14. The van der Waals surface area contributed by atoms with Gasteiger partial charge in [-0.1, -0.05) is 11.8 Å². The minimum absolute atomic E-state index is 0.177. The number of halogens is 1. The molecule has 5 heteroatoms. The summed E-state index contributed by atoms with van der Waals surface area (Å²) in [7, 11) is 0. The SMILES string of the molecule is CC(C)(C)NC(=O)Nc1ccc(C#CCO)c(F)c1. The number of carbonyl (C=O) groups excluding carboxylic acids is 1. The topological polar surface area (TPSA) is 61.4 Å². The lowest BCUT2D eigenvalue weighted by atomic mass is 10.1. The van der Waals surface area contributed by atoms with Gasteiger partial charge < -0.3 is 15.7 Å². The zero-order valence-corrected chi connectivity index (χ0v) is 11.2. The van der Waals surface area contributed by atoms with E-state index in [9.17, 15) is 9.18 Å². The molecule has 0 fully saturated rings. The summed E-state index contributed by atoms with van der Waals surface area (Å²) in [4.78, 5) is 11.6. The molecule has 0 aliphatic heterocycles. The van der Waals surface area contributed by atoms with E-state index in [0.717, 1.165) is 0 Å². The zero-order valence-electron chi connectivity index (χ0n) is 11.2. The minimum atomic E-state index is -0.547. The van der Waals surface area contributed by atoms with E-state index in [2.05, 4.69) is 22.5 Å². The first-order chi connectivity index (χ1) is 8.81. The van der Waals surface area contributed by atoms with Gasteiger partial charge in [0.25, 0.3) is 0 Å². The van der Waals surface area contributed by atoms with Crippen molar-refractivity contribution in [2.75, 3.05) is 11.9 Å². The first-order valence-electron chi connectivity index (χ1n) is 5.80. The van der Waals surface area contributed by atoms with Crippen LogP contribution in [0.25, 0.3) is 0 Å². The molecule has 3 N–H and O–H groups in total. The number of amides is 2. The summed E-state index contributed by atoms with van der Waals surface area (Å²) in [5, 5.41) is 13.8. The molecule has 1 aromatic carbocycles. The lowest BCUT2D eigenvalue weighted by Gasteiger charge is -2.20. The predicted molar refractivity (Wildman–Crippen MR) is 72.3 cm³/mol. The molecule has 0 aliphatic carbocycles. The summed E-state index contributed by atoms with van der Waals surface area (Å²) in [6.07, 6.45) is 0. The van der Waals surface area contributed by atoms with Gasteiger partial charge in [-0.25, -0.2) is 9.18 Å². The van der Waals surface area contributed by atoms with Crippen LogP contribution in [-0.2, 0) is 0 Å². The molecular formula is C14H17FN2O2. The number of urea groups is 1. The third-order valence-electron chi connectivity index (χ3n) is 2.02. The van der Waals surface area contributed by atoms with Crippen molar-refractivity contribution >= 4 is 11.7 Å². The van der Waals surface area contributed by atoms with Crippen molar-refractivity contribution in [3.63, 3.8) is 0 Å². The van der Waals surface area contributed by atoms with Gasteiger partial charge in [0.05, 0.1) is 5.56 Å². The highest BCUT2D eigenvalue weighted by molar-refractivity contribution is 5.89. The summed E-state index contributed by atoms with van der Waals surface area (Å²) in [6.45, 7) is 5.22. The molecule has 0 spiro atoms. The number of hydrogen-bond donors (Lipinski definition) is 3. The summed E-state index contributed by atoms with van der Waals surface area (Å²) < 4.78 is 13.6. The molecule has 0 unspecified atom stereocenters. The summed E-state index contributed by atoms with van der Waals surface area (Å²) in [6, 6.07) is 3.78. The molecular weight excluding hydrogens is 247 g/mol. The number of anilines is 1. The van der Waals surface area contributed by atoms with Crippen LogP contribution in [-0.4, -0.2) is 23.3 Å². The molecule has 0 heterocycles. The first kappa shape index (κ1) is 15.0. The van der Waals surface area contributed by atoms with Gasteiger partial charge in [-0.3, -0.25) is 0 Å². The summed E-state index contributed by atoms with van der Waals surface area (Å²) >= 11 is 0. The molecule has 1 aromatic rings. The number of carbonyl (C=O) groups is 1. The van der Waals surface area contributed by atoms with Crippen LogP contribution < -0.4 is 10.6 Å². The smallest absolute Gasteiger partial charge is 0.319 e. The molecule has 0 radical (unpaired) electrons. The third-order valence-corrected chi connectivity index (χ3v) is 2.02. The molecule has 19 heavy (non-hydrogen) atoms. The van der Waals surface area contributed by atoms with Crippen molar-refractivity contribution in [1.82, 2.24) is 5.32 Å². The molecule has 0 atom stereocenters. The van der Waals surface area contributed by atoms with Crippen molar-refractivity contribution < 1.29 is 14.3 Å². The van der Waals surface area contributed by atoms with E-state index >= 15 is 0 Å². The van der Waals surface area contributed by atoms with E-state index in [1.54, 1.807) is 6.07 Å². The van der Waals surface area contributed by atoms with Gasteiger partial charge in [-0.2, -0.15) is 0 Å². The summed E-state index contributed by atoms with van der Waals surface area (Å²) in [5.74, 6) is 4.29. The van der Waals surface area contributed by atoms with E-state index in [1.807, 2.05) is 20.8 Å². The van der Waals surface area contributed by atoms with Gasteiger partial charge in [-0.15, -0.1) is 0 Å². The van der Waals surface area contributed by atoms with Gasteiger partial charge in [0.1, 0.15) is 12.4 Å². The zero-order chi connectivity index (χ0) is 14.5. The first-order valence-corrected chi connectivity index (χ1v) is 5.80. The van der Waals surface area contributed by atoms with Crippen molar-refractivity contribution in [2.24, 2.45) is 0 Å². The molecule has 2 amide bonds. The Morgan fingerprint density at radius 1 is 1.42 bits per heavy atom. The second-order valence-electron chi connectivity index (χ2n) is 4.98. The highest BCUT2D eigenvalue weighted by Gasteiger charge is 2.13. The molecule has 1 rings (SSSR count). The maximum absolute atomic E-state index is 13.6. The third kappa shape index (κ3) is 5.40. The Balaban J connectivity index is 2.76. The Kier molecular flexibility index (Phi) is 4.90. The molecule has 102 valence electrons. The average Bonchev–Trinajstić information content (AvgIpc) is 2.25. The van der Waals surface area contributed by atoms with Crippen LogP contribution in [0.15, 0.2) is 18.2 Å². The van der Waals surface area contributed by atoms with Crippen molar-refractivity contribution in [1.29, 1.82) is 0 Å². The molecule has 0 aromatic heterocycles. The van der Waals surface area contributed by atoms with Gasteiger partial charge in [0.15, 0.2) is 0 Å². The van der Waals surface area contributed by atoms with E-state index in [4.69, 9.17) is 5.11 Å². The maximum Gasteiger partial charge on any atom is 0.319 e. The Morgan fingerprint density at radius 2 is 2.11 bits per heavy atom. The van der Waals surface area contributed by atoms with E-state index in [-0.39, 0.29) is 17.7 Å². The number of nitrogens with one attached hydrogen (secondary N) is 2. The van der Waals surface area contributed by atoms with Crippen LogP contribution in [0.4, 0.5) is 14.9 Å². The lowest BCUT2D eigenvalue weighted by Crippen LogP contribution is -2.43. The van der Waals surface area contributed by atoms with Crippen molar-refractivity contribution in [2.45, 2.75) is 26.3 Å². The van der Waals surface area contributed by atoms with Crippen LogP contribution in [0.1, 0.15) is 26.3 Å². The molecule has 4 nitrogen and oxygen atoms in total. The Morgan fingerprint density at radius 3 is 2.63 bits per heavy atom. The number of rotatable bonds is 1. The van der Waals surface area contributed by atoms with Crippen molar-refractivity contribution in [3.05, 3.63) is 29.6 Å². The van der Waals surface area contributed by atoms with Crippen LogP contribution in [0.2, 0.25) is 0 Å². The standard InChI is InChI=1S/C14H17FN2O2/c1-14(2,3)17-13(19)16-11-7-6-10(5-4-8-18)12(15)9-11/h6-7,9,18H,8H2,1-3H3,(H2,16,17,19). The largest absolute Gasteiger partial charge is 0.384 e. The molecule has 0 aliphatic rings. The number of aliphatic hydroxyl groups is 1. The average molecular weight is 264 g/mol. The van der Waals surface area contributed by atoms with Crippen LogP contribution in [0.3, 0.4) is 0 Å². The maximum atomic E-state index is 13.6. The van der Waals surface area contributed by atoms with Crippen LogP contribution in [0.5, 0.6) is 0 Å². The molecule has 0 saturated heterocycles. The Hall–Kier alpha value is -2.06. The van der Waals surface area contributed by atoms with Gasteiger partial charge >= 0.3 is 6.03 Å². The fourth-order valence-electron chi connectivity index (χ4n) is 1.33. The van der Waals surface area contributed by atoms with E-state index < -0.39 is 11.8 Å². The fraction of sp³-hybridized carbons (Fsp3) is 0.357. The fourth-order valence-corrected chi connectivity index (χ4v) is 1.33. The molecule has 0 bridgehead atoms. The lowest BCUT2D eigenvalue weighted by molar-refractivity contribution is 0.244. The quantitative estimate of drug-likeness (QED) is 0.680. The van der Waals surface area contributed by atoms with Crippen molar-refractivity contribution in [3.8, 4) is 11.8 Å². The van der Waals surface area contributed by atoms with E-state index in [1.165, 1.54) is 12.1 Å². The van der Waals surface area contributed by atoms with Crippen LogP contribution >= 0.6 is 0 Å². The molecule has 0 saturated carbocycles. The second kappa shape index (κ2) is 6.21. The van der Waals surface area contributed by atoms with Gasteiger partial charge in [0, 0.05) is 11.2 Å². The number of aliphatic hydroxyl groups excluding tert-OH is 1. The van der Waals surface area contributed by atoms with Gasteiger partial charge in [-0.05, 0) is 39.0 Å². The normalized spacial score (nSPS) is 10.4. The number of benzene rings is 1. The summed E-state index contributed by atoms with van der Waals surface area (Å²) in [5.41, 5.74) is 0.152. The van der Waals surface area contributed by atoms with E-state index in [0.29, 0.717) is 5.69 Å². The Labute approximate surface area is 112 Å².